The fraction of sp³-hybridized carbons (Fsp3) is 0.467. The standard InChI is InChI=1S/C15H20N4O3S2/c1-4-6-17-15(16)23-7-9-18-12(20)10-8(3)11(14(21)22-5-2)24-13(10)19-9/h4-7H2,1-3H3,(H2,16,17)(H,18,19,20). The first-order valence-corrected chi connectivity index (χ1v) is 9.40. The molecule has 0 atom stereocenters. The molecule has 2 heterocycles. The summed E-state index contributed by atoms with van der Waals surface area (Å²) in [5.74, 6) is 0.490. The van der Waals surface area contributed by atoms with E-state index in [1.165, 1.54) is 23.1 Å². The van der Waals surface area contributed by atoms with Gasteiger partial charge in [-0.3, -0.25) is 9.79 Å². The Bertz CT molecular complexity index is 826. The first-order chi connectivity index (χ1) is 11.5. The van der Waals surface area contributed by atoms with Crippen molar-refractivity contribution in [3.8, 4) is 0 Å². The number of aromatic amines is 1. The van der Waals surface area contributed by atoms with Gasteiger partial charge in [-0.2, -0.15) is 0 Å². The second-order valence-electron chi connectivity index (χ2n) is 4.98. The van der Waals surface area contributed by atoms with Crippen LogP contribution in [0.15, 0.2) is 9.79 Å². The van der Waals surface area contributed by atoms with Gasteiger partial charge in [-0.1, -0.05) is 18.7 Å². The van der Waals surface area contributed by atoms with Gasteiger partial charge in [0.2, 0.25) is 0 Å². The summed E-state index contributed by atoms with van der Waals surface area (Å²) in [7, 11) is 0. The number of ether oxygens (including phenoxy) is 1. The normalized spacial score (nSPS) is 11.9. The highest BCUT2D eigenvalue weighted by Gasteiger charge is 2.20. The molecule has 0 amide bonds. The smallest absolute Gasteiger partial charge is 0.348 e. The number of carbonyl (C=O) groups is 1. The summed E-state index contributed by atoms with van der Waals surface area (Å²) in [6, 6.07) is 0. The first kappa shape index (κ1) is 18.5. The summed E-state index contributed by atoms with van der Waals surface area (Å²) >= 11 is 2.49. The van der Waals surface area contributed by atoms with E-state index >= 15 is 0 Å². The Labute approximate surface area is 147 Å². The van der Waals surface area contributed by atoms with Crippen LogP contribution in [0.5, 0.6) is 0 Å². The van der Waals surface area contributed by atoms with Crippen molar-refractivity contribution in [2.24, 2.45) is 10.7 Å². The van der Waals surface area contributed by atoms with Gasteiger partial charge in [0.1, 0.15) is 15.5 Å². The topological polar surface area (TPSA) is 110 Å². The number of thioether (sulfide) groups is 1. The number of hydrogen-bond donors (Lipinski definition) is 2. The van der Waals surface area contributed by atoms with Gasteiger partial charge in [0.25, 0.3) is 5.56 Å². The number of carbonyl (C=O) groups excluding carboxylic acids is 1. The predicted octanol–water partition coefficient (Wildman–Crippen LogP) is 2.43. The molecule has 130 valence electrons. The number of aromatic nitrogens is 2. The highest BCUT2D eigenvalue weighted by molar-refractivity contribution is 8.13. The maximum Gasteiger partial charge on any atom is 0.348 e. The lowest BCUT2D eigenvalue weighted by molar-refractivity contribution is 0.0531. The number of fused-ring (bicyclic) bond motifs is 1. The number of nitrogens with zero attached hydrogens (tertiary/aromatic N) is 2. The molecule has 0 aromatic carbocycles. The van der Waals surface area contributed by atoms with Gasteiger partial charge in [0.05, 0.1) is 17.7 Å². The third-order valence-corrected chi connectivity index (χ3v) is 5.17. The van der Waals surface area contributed by atoms with Gasteiger partial charge < -0.3 is 15.5 Å². The highest BCUT2D eigenvalue weighted by atomic mass is 32.2. The van der Waals surface area contributed by atoms with E-state index in [1.54, 1.807) is 13.8 Å². The molecule has 0 bridgehead atoms. The molecule has 0 unspecified atom stereocenters. The second-order valence-corrected chi connectivity index (χ2v) is 6.97. The first-order valence-electron chi connectivity index (χ1n) is 7.60. The van der Waals surface area contributed by atoms with Crippen molar-refractivity contribution >= 4 is 44.5 Å². The Balaban J connectivity index is 2.29. The van der Waals surface area contributed by atoms with E-state index < -0.39 is 5.97 Å². The summed E-state index contributed by atoms with van der Waals surface area (Å²) < 4.78 is 5.02. The van der Waals surface area contributed by atoms with Crippen molar-refractivity contribution in [3.63, 3.8) is 0 Å². The fourth-order valence-corrected chi connectivity index (χ4v) is 3.76. The number of aryl methyl sites for hydroxylation is 1. The molecular formula is C15H20N4O3S2. The van der Waals surface area contributed by atoms with Crippen LogP contribution < -0.4 is 11.3 Å². The minimum atomic E-state index is -0.427. The van der Waals surface area contributed by atoms with Gasteiger partial charge in [-0.25, -0.2) is 9.78 Å². The lowest BCUT2D eigenvalue weighted by atomic mass is 10.2. The van der Waals surface area contributed by atoms with Crippen LogP contribution in [0.25, 0.3) is 10.2 Å². The number of thiophene rings is 1. The Morgan fingerprint density at radius 2 is 2.21 bits per heavy atom. The molecular weight excluding hydrogens is 348 g/mol. The van der Waals surface area contributed by atoms with E-state index in [-0.39, 0.29) is 12.2 Å². The molecule has 0 aliphatic rings. The quantitative estimate of drug-likeness (QED) is 0.460. The van der Waals surface area contributed by atoms with E-state index in [9.17, 15) is 9.59 Å². The van der Waals surface area contributed by atoms with E-state index in [0.29, 0.717) is 43.9 Å². The molecule has 0 radical (unpaired) electrons. The number of H-pyrrole nitrogens is 1. The zero-order valence-electron chi connectivity index (χ0n) is 13.8. The van der Waals surface area contributed by atoms with E-state index in [1.807, 2.05) is 6.92 Å². The molecule has 2 aromatic rings. The van der Waals surface area contributed by atoms with Crippen molar-refractivity contribution in [2.45, 2.75) is 32.9 Å². The van der Waals surface area contributed by atoms with Crippen molar-refractivity contribution in [3.05, 3.63) is 26.6 Å². The molecule has 3 N–H and O–H groups in total. The fourth-order valence-electron chi connectivity index (χ4n) is 2.06. The second kappa shape index (κ2) is 8.29. The lowest BCUT2D eigenvalue weighted by Crippen LogP contribution is -2.13. The zero-order valence-corrected chi connectivity index (χ0v) is 15.5. The van der Waals surface area contributed by atoms with Crippen LogP contribution in [0.3, 0.4) is 0 Å². The Morgan fingerprint density at radius 3 is 2.88 bits per heavy atom. The van der Waals surface area contributed by atoms with Crippen molar-refractivity contribution in [1.82, 2.24) is 9.97 Å². The Morgan fingerprint density at radius 1 is 1.46 bits per heavy atom. The van der Waals surface area contributed by atoms with Crippen LogP contribution in [0, 0.1) is 6.92 Å². The van der Waals surface area contributed by atoms with Gasteiger partial charge in [-0.05, 0) is 25.8 Å². The van der Waals surface area contributed by atoms with Crippen molar-refractivity contribution in [2.75, 3.05) is 13.2 Å². The molecule has 2 aromatic heterocycles. The van der Waals surface area contributed by atoms with Gasteiger partial charge in [0, 0.05) is 6.54 Å². The summed E-state index contributed by atoms with van der Waals surface area (Å²) in [6.45, 7) is 6.45. The summed E-state index contributed by atoms with van der Waals surface area (Å²) in [5, 5.41) is 0.901. The maximum atomic E-state index is 12.3. The molecule has 0 spiro atoms. The van der Waals surface area contributed by atoms with Crippen LogP contribution in [-0.4, -0.2) is 34.3 Å². The minimum absolute atomic E-state index is 0.260. The van der Waals surface area contributed by atoms with Crippen LogP contribution in [0.1, 0.15) is 41.3 Å². The molecule has 0 aliphatic carbocycles. The van der Waals surface area contributed by atoms with Crippen LogP contribution in [-0.2, 0) is 10.5 Å². The summed E-state index contributed by atoms with van der Waals surface area (Å²) in [5.41, 5.74) is 6.14. The minimum Gasteiger partial charge on any atom is -0.462 e. The molecule has 0 saturated carbocycles. The van der Waals surface area contributed by atoms with E-state index in [2.05, 4.69) is 15.0 Å². The summed E-state index contributed by atoms with van der Waals surface area (Å²) in [4.78, 5) is 36.6. The number of nitrogens with two attached hydrogens (primary N) is 1. The number of amidine groups is 1. The predicted molar refractivity (Wildman–Crippen MR) is 99.0 cm³/mol. The molecule has 0 fully saturated rings. The zero-order chi connectivity index (χ0) is 17.7. The van der Waals surface area contributed by atoms with Crippen molar-refractivity contribution in [1.29, 1.82) is 0 Å². The van der Waals surface area contributed by atoms with Crippen LogP contribution in [0.2, 0.25) is 0 Å². The van der Waals surface area contributed by atoms with Crippen LogP contribution in [0.4, 0.5) is 0 Å². The Kier molecular flexibility index (Phi) is 6.38. The maximum absolute atomic E-state index is 12.3. The van der Waals surface area contributed by atoms with E-state index in [0.717, 1.165) is 6.42 Å². The van der Waals surface area contributed by atoms with Gasteiger partial charge in [-0.15, -0.1) is 11.3 Å². The monoisotopic (exact) mass is 368 g/mol. The largest absolute Gasteiger partial charge is 0.462 e. The Hall–Kier alpha value is -1.87. The lowest BCUT2D eigenvalue weighted by Gasteiger charge is -2.01. The summed E-state index contributed by atoms with van der Waals surface area (Å²) in [6.07, 6.45) is 0.924. The van der Waals surface area contributed by atoms with E-state index in [4.69, 9.17) is 10.5 Å². The number of rotatable bonds is 6. The SMILES string of the molecule is CCCN=C(N)SCc1nc2sc(C(=O)OCC)c(C)c2c(=O)[nH]1. The number of hydrogen-bond acceptors (Lipinski definition) is 7. The highest BCUT2D eigenvalue weighted by Crippen LogP contribution is 2.28. The molecule has 0 aliphatic heterocycles. The van der Waals surface area contributed by atoms with Crippen LogP contribution >= 0.6 is 23.1 Å². The third-order valence-electron chi connectivity index (χ3n) is 3.16. The number of esters is 1. The molecule has 24 heavy (non-hydrogen) atoms. The van der Waals surface area contributed by atoms with Crippen molar-refractivity contribution < 1.29 is 9.53 Å². The van der Waals surface area contributed by atoms with Gasteiger partial charge >= 0.3 is 5.97 Å². The molecule has 9 heteroatoms. The van der Waals surface area contributed by atoms with Gasteiger partial charge in [0.15, 0.2) is 5.17 Å². The molecule has 7 nitrogen and oxygen atoms in total. The molecule has 0 saturated heterocycles. The average molecular weight is 368 g/mol. The number of nitrogens with one attached hydrogen (secondary N) is 1. The average Bonchev–Trinajstić information content (AvgIpc) is 2.88. The third kappa shape index (κ3) is 4.15. The number of aliphatic imine (C=N–C) groups is 1. The molecule has 2 rings (SSSR count).